The van der Waals surface area contributed by atoms with Crippen LogP contribution >= 0.6 is 11.6 Å². The number of rotatable bonds is 9. The van der Waals surface area contributed by atoms with E-state index in [1.165, 1.54) is 5.56 Å². The van der Waals surface area contributed by atoms with E-state index in [0.29, 0.717) is 12.3 Å². The van der Waals surface area contributed by atoms with Gasteiger partial charge in [0.2, 0.25) is 6.29 Å². The Morgan fingerprint density at radius 1 is 1.24 bits per heavy atom. The Balaban J connectivity index is 2.57. The molecule has 7 nitrogen and oxygen atoms in total. The standard InChI is InChI=1S/C25H34ClN3O4/c1-8-29-22(15-17(2)28-29)23(32-18(3)33-24(30)31-14-13-26)21(16-27-7)19-9-11-20(12-10-19)25(4,5)6/h9-12,15-16,18H,8,13-14H2,1-7H3/b23-21-,27-16-. The van der Waals surface area contributed by atoms with E-state index < -0.39 is 12.4 Å². The van der Waals surface area contributed by atoms with E-state index in [9.17, 15) is 4.79 Å². The molecule has 2 aromatic rings. The van der Waals surface area contributed by atoms with Crippen LogP contribution in [-0.4, -0.2) is 48.0 Å². The summed E-state index contributed by atoms with van der Waals surface area (Å²) in [5.41, 5.74) is 4.52. The van der Waals surface area contributed by atoms with Gasteiger partial charge < -0.3 is 14.2 Å². The molecule has 0 N–H and O–H groups in total. The minimum atomic E-state index is -0.919. The number of halogens is 1. The van der Waals surface area contributed by atoms with Crippen LogP contribution in [0.4, 0.5) is 4.79 Å². The third-order valence-corrected chi connectivity index (χ3v) is 5.00. The second-order valence-electron chi connectivity index (χ2n) is 8.53. The minimum absolute atomic E-state index is 0.0320. The average Bonchev–Trinajstić information content (AvgIpc) is 3.14. The molecule has 0 aliphatic rings. The van der Waals surface area contributed by atoms with Crippen molar-refractivity contribution < 1.29 is 19.0 Å². The Hall–Kier alpha value is -2.80. The zero-order chi connectivity index (χ0) is 24.6. The van der Waals surface area contributed by atoms with E-state index >= 15 is 0 Å². The van der Waals surface area contributed by atoms with E-state index in [-0.39, 0.29) is 17.9 Å². The zero-order valence-electron chi connectivity index (χ0n) is 20.5. The summed E-state index contributed by atoms with van der Waals surface area (Å²) in [5, 5.41) is 4.55. The maximum Gasteiger partial charge on any atom is 0.511 e. The number of carbonyl (C=O) groups is 1. The summed E-state index contributed by atoms with van der Waals surface area (Å²) < 4.78 is 18.2. The fraction of sp³-hybridized carbons (Fsp3) is 0.480. The molecule has 2 rings (SSSR count). The number of carbonyl (C=O) groups excluding carboxylic acids is 1. The lowest BCUT2D eigenvalue weighted by molar-refractivity contribution is -0.0658. The fourth-order valence-electron chi connectivity index (χ4n) is 3.26. The van der Waals surface area contributed by atoms with E-state index in [1.807, 2.05) is 36.7 Å². The number of benzene rings is 1. The van der Waals surface area contributed by atoms with Crippen molar-refractivity contribution in [3.05, 3.63) is 52.8 Å². The van der Waals surface area contributed by atoms with Gasteiger partial charge in [-0.3, -0.25) is 9.67 Å². The third-order valence-electron chi connectivity index (χ3n) is 4.84. The molecule has 8 heteroatoms. The van der Waals surface area contributed by atoms with Gasteiger partial charge >= 0.3 is 6.16 Å². The Kier molecular flexibility index (Phi) is 9.53. The number of aliphatic imine (C=N–C) groups is 1. The van der Waals surface area contributed by atoms with Crippen LogP contribution in [0.3, 0.4) is 0 Å². The first-order valence-electron chi connectivity index (χ1n) is 11.0. The van der Waals surface area contributed by atoms with Crippen molar-refractivity contribution in [2.45, 2.75) is 59.8 Å². The molecular weight excluding hydrogens is 442 g/mol. The highest BCUT2D eigenvalue weighted by Gasteiger charge is 2.22. The van der Waals surface area contributed by atoms with Crippen molar-refractivity contribution in [3.63, 3.8) is 0 Å². The van der Waals surface area contributed by atoms with Crippen LogP contribution in [0.15, 0.2) is 35.3 Å². The minimum Gasteiger partial charge on any atom is -0.452 e. The van der Waals surface area contributed by atoms with Crippen molar-refractivity contribution >= 4 is 35.3 Å². The van der Waals surface area contributed by atoms with Gasteiger partial charge in [0, 0.05) is 32.3 Å². The molecule has 1 atom stereocenters. The number of aromatic nitrogens is 2. The van der Waals surface area contributed by atoms with Crippen molar-refractivity contribution in [1.82, 2.24) is 9.78 Å². The van der Waals surface area contributed by atoms with Gasteiger partial charge in [0.25, 0.3) is 0 Å². The molecule has 0 saturated carbocycles. The molecule has 180 valence electrons. The topological polar surface area (TPSA) is 74.9 Å². The number of hydrogen-bond donors (Lipinski definition) is 0. The Labute approximate surface area is 201 Å². The summed E-state index contributed by atoms with van der Waals surface area (Å²) in [6.07, 6.45) is -0.0252. The van der Waals surface area contributed by atoms with E-state index in [2.05, 4.69) is 43.0 Å². The zero-order valence-corrected chi connectivity index (χ0v) is 21.3. The molecule has 0 amide bonds. The van der Waals surface area contributed by atoms with Crippen LogP contribution in [0.2, 0.25) is 0 Å². The highest BCUT2D eigenvalue weighted by Crippen LogP contribution is 2.30. The summed E-state index contributed by atoms with van der Waals surface area (Å²) in [6, 6.07) is 10.2. The molecular formula is C25H34ClN3O4. The highest BCUT2D eigenvalue weighted by atomic mass is 35.5. The Morgan fingerprint density at radius 2 is 1.91 bits per heavy atom. The molecule has 1 heterocycles. The molecule has 0 spiro atoms. The molecule has 0 radical (unpaired) electrons. The van der Waals surface area contributed by atoms with Crippen LogP contribution in [-0.2, 0) is 26.2 Å². The average molecular weight is 476 g/mol. The van der Waals surface area contributed by atoms with Crippen molar-refractivity contribution in [3.8, 4) is 0 Å². The predicted molar refractivity (Wildman–Crippen MR) is 133 cm³/mol. The second-order valence-corrected chi connectivity index (χ2v) is 8.91. The quantitative estimate of drug-likeness (QED) is 0.150. The smallest absolute Gasteiger partial charge is 0.452 e. The normalized spacial score (nSPS) is 13.6. The van der Waals surface area contributed by atoms with Gasteiger partial charge in [-0.15, -0.1) is 11.6 Å². The molecule has 0 bridgehead atoms. The monoisotopic (exact) mass is 475 g/mol. The van der Waals surface area contributed by atoms with Crippen molar-refractivity contribution in [1.29, 1.82) is 0 Å². The van der Waals surface area contributed by atoms with Gasteiger partial charge in [-0.2, -0.15) is 5.10 Å². The Bertz CT molecular complexity index is 988. The number of alkyl halides is 1. The maximum atomic E-state index is 11.9. The lowest BCUT2D eigenvalue weighted by Crippen LogP contribution is -2.20. The summed E-state index contributed by atoms with van der Waals surface area (Å²) in [4.78, 5) is 16.2. The van der Waals surface area contributed by atoms with Crippen LogP contribution in [0.25, 0.3) is 11.3 Å². The lowest BCUT2D eigenvalue weighted by Gasteiger charge is -2.21. The first-order chi connectivity index (χ1) is 15.6. The largest absolute Gasteiger partial charge is 0.511 e. The number of allylic oxidation sites excluding steroid dienone is 1. The molecule has 0 aliphatic carbocycles. The second kappa shape index (κ2) is 11.9. The number of aryl methyl sites for hydroxylation is 2. The fourth-order valence-corrected chi connectivity index (χ4v) is 3.33. The SMILES string of the molecule is CCn1nc(C)cc1/C(OC(C)OC(=O)OCCCl)=C(\C=N/C)c1ccc(C(C)(C)C)cc1. The van der Waals surface area contributed by atoms with E-state index in [4.69, 9.17) is 25.8 Å². The molecule has 1 unspecified atom stereocenters. The van der Waals surface area contributed by atoms with Gasteiger partial charge in [-0.05, 0) is 36.5 Å². The third kappa shape index (κ3) is 7.35. The van der Waals surface area contributed by atoms with Gasteiger partial charge in [0.1, 0.15) is 12.3 Å². The van der Waals surface area contributed by atoms with Crippen LogP contribution in [0.5, 0.6) is 0 Å². The molecule has 1 aromatic carbocycles. The molecule has 0 aliphatic heterocycles. The number of ether oxygens (including phenoxy) is 3. The van der Waals surface area contributed by atoms with Gasteiger partial charge in [0.05, 0.1) is 11.6 Å². The number of hydrogen-bond acceptors (Lipinski definition) is 6. The van der Waals surface area contributed by atoms with Gasteiger partial charge in [-0.25, -0.2) is 4.79 Å². The lowest BCUT2D eigenvalue weighted by atomic mass is 9.86. The number of nitrogens with zero attached hydrogens (tertiary/aromatic N) is 3. The summed E-state index contributed by atoms with van der Waals surface area (Å²) >= 11 is 5.57. The van der Waals surface area contributed by atoms with Gasteiger partial charge in [0.15, 0.2) is 5.76 Å². The van der Waals surface area contributed by atoms with E-state index in [0.717, 1.165) is 22.5 Å². The van der Waals surface area contributed by atoms with Crippen molar-refractivity contribution in [2.75, 3.05) is 19.5 Å². The summed E-state index contributed by atoms with van der Waals surface area (Å²) in [5.74, 6) is 0.691. The maximum absolute atomic E-state index is 11.9. The molecule has 0 fully saturated rings. The van der Waals surface area contributed by atoms with Crippen molar-refractivity contribution in [2.24, 2.45) is 4.99 Å². The first-order valence-corrected chi connectivity index (χ1v) is 11.5. The van der Waals surface area contributed by atoms with Crippen LogP contribution < -0.4 is 0 Å². The summed E-state index contributed by atoms with van der Waals surface area (Å²) in [6.45, 7) is 12.8. The molecule has 33 heavy (non-hydrogen) atoms. The van der Waals surface area contributed by atoms with Crippen LogP contribution in [0.1, 0.15) is 57.1 Å². The van der Waals surface area contributed by atoms with E-state index in [1.54, 1.807) is 20.2 Å². The predicted octanol–water partition coefficient (Wildman–Crippen LogP) is 5.83. The molecule has 1 aromatic heterocycles. The Morgan fingerprint density at radius 3 is 2.45 bits per heavy atom. The van der Waals surface area contributed by atoms with Crippen LogP contribution in [0, 0.1) is 6.92 Å². The van der Waals surface area contributed by atoms with Gasteiger partial charge in [-0.1, -0.05) is 45.0 Å². The highest BCUT2D eigenvalue weighted by molar-refractivity contribution is 6.18. The molecule has 0 saturated heterocycles. The summed E-state index contributed by atoms with van der Waals surface area (Å²) in [7, 11) is 1.70. The first kappa shape index (κ1) is 26.5.